The Bertz CT molecular complexity index is 328. The average molecular weight is 293 g/mol. The Hall–Kier alpha value is 0.260. The molecule has 2 atom stereocenters. The topological polar surface area (TPSA) is 46.2 Å². The lowest BCUT2D eigenvalue weighted by molar-refractivity contribution is 0.340. The van der Waals surface area contributed by atoms with E-state index in [9.17, 15) is 8.42 Å². The van der Waals surface area contributed by atoms with Gasteiger partial charge in [-0.25, -0.2) is 8.42 Å². The molecule has 0 aromatic carbocycles. The highest BCUT2D eigenvalue weighted by atomic mass is 32.2. The second-order valence-electron chi connectivity index (χ2n) is 5.44. The van der Waals surface area contributed by atoms with Crippen LogP contribution in [-0.2, 0) is 9.84 Å². The van der Waals surface area contributed by atoms with Crippen LogP contribution in [0.25, 0.3) is 0 Å². The quantitative estimate of drug-likeness (QED) is 0.745. The minimum Gasteiger partial charge on any atom is -0.317 e. The third-order valence-electron chi connectivity index (χ3n) is 3.53. The zero-order valence-corrected chi connectivity index (χ0v) is 13.4. The van der Waals surface area contributed by atoms with Gasteiger partial charge < -0.3 is 5.32 Å². The van der Waals surface area contributed by atoms with Crippen molar-refractivity contribution in [1.29, 1.82) is 0 Å². The Morgan fingerprint density at radius 3 is 2.61 bits per heavy atom. The largest absolute Gasteiger partial charge is 0.317 e. The van der Waals surface area contributed by atoms with Crippen molar-refractivity contribution < 1.29 is 8.42 Å². The lowest BCUT2D eigenvalue weighted by atomic mass is 9.89. The lowest BCUT2D eigenvalue weighted by Gasteiger charge is -2.23. The molecular weight excluding hydrogens is 266 g/mol. The predicted octanol–water partition coefficient (Wildman–Crippen LogP) is 2.18. The van der Waals surface area contributed by atoms with E-state index in [4.69, 9.17) is 0 Å². The summed E-state index contributed by atoms with van der Waals surface area (Å²) in [4.78, 5) is 0. The SMILES string of the molecule is CCNCC(CCSC(C)C)C1CCS(=O)(=O)C1. The summed E-state index contributed by atoms with van der Waals surface area (Å²) in [5.41, 5.74) is 0. The number of hydrogen-bond acceptors (Lipinski definition) is 4. The van der Waals surface area contributed by atoms with Gasteiger partial charge in [0.25, 0.3) is 0 Å². The fraction of sp³-hybridized carbons (Fsp3) is 1.00. The summed E-state index contributed by atoms with van der Waals surface area (Å²) in [6.45, 7) is 8.46. The molecule has 1 fully saturated rings. The van der Waals surface area contributed by atoms with Crippen LogP contribution >= 0.6 is 11.8 Å². The van der Waals surface area contributed by atoms with Crippen LogP contribution in [0, 0.1) is 11.8 Å². The number of hydrogen-bond donors (Lipinski definition) is 1. The molecule has 0 aliphatic carbocycles. The van der Waals surface area contributed by atoms with Crippen molar-refractivity contribution in [2.24, 2.45) is 11.8 Å². The molecule has 2 unspecified atom stereocenters. The molecule has 0 amide bonds. The molecule has 0 saturated carbocycles. The van der Waals surface area contributed by atoms with E-state index in [0.717, 1.165) is 31.7 Å². The summed E-state index contributed by atoms with van der Waals surface area (Å²) in [7, 11) is -2.74. The Balaban J connectivity index is 2.45. The molecular formula is C13H27NO2S2. The van der Waals surface area contributed by atoms with Gasteiger partial charge in [0.1, 0.15) is 0 Å². The standard InChI is InChI=1S/C13H27NO2S2/c1-4-14-9-12(5-7-17-11(2)3)13-6-8-18(15,16)10-13/h11-14H,4-10H2,1-3H3. The summed E-state index contributed by atoms with van der Waals surface area (Å²) in [6.07, 6.45) is 2.00. The molecule has 108 valence electrons. The second kappa shape index (κ2) is 7.75. The number of nitrogens with one attached hydrogen (secondary N) is 1. The Labute approximate surface area is 116 Å². The molecule has 0 radical (unpaired) electrons. The van der Waals surface area contributed by atoms with E-state index in [-0.39, 0.29) is 0 Å². The van der Waals surface area contributed by atoms with E-state index in [2.05, 4.69) is 26.1 Å². The molecule has 1 heterocycles. The van der Waals surface area contributed by atoms with Crippen molar-refractivity contribution >= 4 is 21.6 Å². The smallest absolute Gasteiger partial charge is 0.150 e. The second-order valence-corrected chi connectivity index (χ2v) is 9.35. The van der Waals surface area contributed by atoms with Crippen LogP contribution in [0.4, 0.5) is 0 Å². The maximum absolute atomic E-state index is 11.6. The van der Waals surface area contributed by atoms with Crippen molar-refractivity contribution in [3.8, 4) is 0 Å². The van der Waals surface area contributed by atoms with E-state index < -0.39 is 9.84 Å². The molecule has 0 aromatic heterocycles. The fourth-order valence-corrected chi connectivity index (χ4v) is 5.31. The van der Waals surface area contributed by atoms with E-state index in [0.29, 0.717) is 28.6 Å². The minimum atomic E-state index is -2.74. The van der Waals surface area contributed by atoms with E-state index >= 15 is 0 Å². The first-order chi connectivity index (χ1) is 8.44. The molecule has 3 nitrogen and oxygen atoms in total. The minimum absolute atomic E-state index is 0.377. The molecule has 1 aliphatic rings. The van der Waals surface area contributed by atoms with E-state index in [1.54, 1.807) is 0 Å². The molecule has 18 heavy (non-hydrogen) atoms. The molecule has 1 N–H and O–H groups in total. The molecule has 0 aromatic rings. The van der Waals surface area contributed by atoms with Crippen molar-refractivity contribution in [1.82, 2.24) is 5.32 Å². The summed E-state index contributed by atoms with van der Waals surface area (Å²) in [6, 6.07) is 0. The van der Waals surface area contributed by atoms with Gasteiger partial charge in [-0.2, -0.15) is 11.8 Å². The highest BCUT2D eigenvalue weighted by molar-refractivity contribution is 7.99. The first kappa shape index (κ1) is 16.3. The van der Waals surface area contributed by atoms with Crippen LogP contribution < -0.4 is 5.32 Å². The van der Waals surface area contributed by atoms with Gasteiger partial charge in [0.2, 0.25) is 0 Å². The first-order valence-corrected chi connectivity index (χ1v) is 9.84. The Morgan fingerprint density at radius 2 is 2.11 bits per heavy atom. The average Bonchev–Trinajstić information content (AvgIpc) is 2.63. The maximum Gasteiger partial charge on any atom is 0.150 e. The highest BCUT2D eigenvalue weighted by Crippen LogP contribution is 2.29. The highest BCUT2D eigenvalue weighted by Gasteiger charge is 2.33. The monoisotopic (exact) mass is 293 g/mol. The van der Waals surface area contributed by atoms with E-state index in [1.807, 2.05) is 11.8 Å². The summed E-state index contributed by atoms with van der Waals surface area (Å²) >= 11 is 1.97. The van der Waals surface area contributed by atoms with Crippen molar-refractivity contribution in [2.45, 2.75) is 38.9 Å². The fourth-order valence-electron chi connectivity index (χ4n) is 2.48. The molecule has 0 spiro atoms. The van der Waals surface area contributed by atoms with Crippen LogP contribution in [0.2, 0.25) is 0 Å². The normalized spacial score (nSPS) is 24.6. The van der Waals surface area contributed by atoms with Crippen LogP contribution in [0.5, 0.6) is 0 Å². The van der Waals surface area contributed by atoms with Crippen molar-refractivity contribution in [3.63, 3.8) is 0 Å². The van der Waals surface area contributed by atoms with Crippen LogP contribution in [0.1, 0.15) is 33.6 Å². The number of thioether (sulfide) groups is 1. The number of sulfone groups is 1. The van der Waals surface area contributed by atoms with Gasteiger partial charge >= 0.3 is 0 Å². The van der Waals surface area contributed by atoms with Crippen LogP contribution in [-0.4, -0.2) is 44.0 Å². The summed E-state index contributed by atoms with van der Waals surface area (Å²) < 4.78 is 23.2. The van der Waals surface area contributed by atoms with Crippen LogP contribution in [0.3, 0.4) is 0 Å². The van der Waals surface area contributed by atoms with Crippen LogP contribution in [0.15, 0.2) is 0 Å². The lowest BCUT2D eigenvalue weighted by Crippen LogP contribution is -2.29. The third kappa shape index (κ3) is 5.93. The molecule has 1 saturated heterocycles. The summed E-state index contributed by atoms with van der Waals surface area (Å²) in [5, 5.41) is 4.05. The van der Waals surface area contributed by atoms with Crippen molar-refractivity contribution in [3.05, 3.63) is 0 Å². The van der Waals surface area contributed by atoms with Gasteiger partial charge in [-0.1, -0.05) is 20.8 Å². The van der Waals surface area contributed by atoms with Gasteiger partial charge in [-0.3, -0.25) is 0 Å². The van der Waals surface area contributed by atoms with Gasteiger partial charge in [-0.15, -0.1) is 0 Å². The molecule has 5 heteroatoms. The predicted molar refractivity (Wildman–Crippen MR) is 81.0 cm³/mol. The van der Waals surface area contributed by atoms with Gasteiger partial charge in [0, 0.05) is 0 Å². The van der Waals surface area contributed by atoms with Gasteiger partial charge in [0.05, 0.1) is 11.5 Å². The molecule has 1 aliphatic heterocycles. The molecule has 1 rings (SSSR count). The molecule has 0 bridgehead atoms. The Kier molecular flexibility index (Phi) is 7.03. The number of rotatable bonds is 8. The zero-order valence-electron chi connectivity index (χ0n) is 11.8. The maximum atomic E-state index is 11.6. The first-order valence-electron chi connectivity index (χ1n) is 6.97. The summed E-state index contributed by atoms with van der Waals surface area (Å²) in [5.74, 6) is 2.85. The zero-order chi connectivity index (χ0) is 13.6. The van der Waals surface area contributed by atoms with Crippen molar-refractivity contribution in [2.75, 3.05) is 30.3 Å². The van der Waals surface area contributed by atoms with Gasteiger partial charge in [0.15, 0.2) is 9.84 Å². The van der Waals surface area contributed by atoms with E-state index in [1.165, 1.54) is 0 Å². The third-order valence-corrected chi connectivity index (χ3v) is 6.46. The Morgan fingerprint density at radius 1 is 1.39 bits per heavy atom. The van der Waals surface area contributed by atoms with Gasteiger partial charge in [-0.05, 0) is 48.8 Å².